The maximum Gasteiger partial charge on any atom is 0.280 e. The van der Waals surface area contributed by atoms with Crippen LogP contribution < -0.4 is 11.5 Å². The van der Waals surface area contributed by atoms with Crippen molar-refractivity contribution in [2.75, 3.05) is 12.5 Å². The van der Waals surface area contributed by atoms with Gasteiger partial charge in [0.1, 0.15) is 0 Å². The molecule has 2 unspecified atom stereocenters. The number of aliphatic imine (C=N–C) groups is 1. The summed E-state index contributed by atoms with van der Waals surface area (Å²) in [6, 6.07) is 5.27. The first-order valence-electron chi connectivity index (χ1n) is 11.8. The lowest BCUT2D eigenvalue weighted by molar-refractivity contribution is 0.100. The minimum absolute atomic E-state index is 0.0540. The van der Waals surface area contributed by atoms with Gasteiger partial charge in [0.05, 0.1) is 41.2 Å². The van der Waals surface area contributed by atoms with E-state index in [9.17, 15) is 34.8 Å². The van der Waals surface area contributed by atoms with Gasteiger partial charge in [0.2, 0.25) is 0 Å². The summed E-state index contributed by atoms with van der Waals surface area (Å²) in [6.45, 7) is 10.1. The van der Waals surface area contributed by atoms with Crippen molar-refractivity contribution < 1.29 is 34.8 Å². The minimum atomic E-state index is -3.67. The first-order chi connectivity index (χ1) is 18.5. The molecule has 16 heteroatoms. The second-order valence-electron chi connectivity index (χ2n) is 9.58. The van der Waals surface area contributed by atoms with Gasteiger partial charge in [-0.15, -0.1) is 0 Å². The molecule has 0 saturated heterocycles. The zero-order valence-corrected chi connectivity index (χ0v) is 27.9. The van der Waals surface area contributed by atoms with Crippen LogP contribution in [0.1, 0.15) is 59.5 Å². The molecule has 228 valence electrons. The highest BCUT2D eigenvalue weighted by atomic mass is 35.5. The molecule has 2 rings (SSSR count). The molecule has 1 amide bonds. The maximum atomic E-state index is 12.3. The topological polar surface area (TPSA) is 201 Å². The summed E-state index contributed by atoms with van der Waals surface area (Å²) in [5.41, 5.74) is 11.5. The second kappa shape index (κ2) is 14.1. The SMILES string of the molecule is Cc1cc(S(=O)C(C)C)c(S(C)(=O)=O)cc1C(=O)Cl.Cc1cc(S(=O)C(C)C)c(S(C)(=O)=O)cc1C(=O)N=C(N)N. The summed E-state index contributed by atoms with van der Waals surface area (Å²) in [4.78, 5) is 26.8. The molecule has 0 aliphatic heterocycles. The van der Waals surface area contributed by atoms with E-state index in [1.807, 2.05) is 0 Å². The molecule has 2 aromatic rings. The van der Waals surface area contributed by atoms with Crippen LogP contribution in [0.4, 0.5) is 0 Å². The number of amides is 1. The number of sulfone groups is 2. The number of hydrogen-bond acceptors (Lipinski definition) is 8. The lowest BCUT2D eigenvalue weighted by Gasteiger charge is -2.13. The number of aryl methyl sites for hydroxylation is 2. The van der Waals surface area contributed by atoms with Gasteiger partial charge in [0.15, 0.2) is 25.6 Å². The van der Waals surface area contributed by atoms with Gasteiger partial charge in [-0.2, -0.15) is 4.99 Å². The molecule has 41 heavy (non-hydrogen) atoms. The molecule has 2 atom stereocenters. The smallest absolute Gasteiger partial charge is 0.280 e. The number of hydrogen-bond donors (Lipinski definition) is 2. The maximum absolute atomic E-state index is 12.3. The van der Waals surface area contributed by atoms with Crippen LogP contribution in [0.15, 0.2) is 48.8 Å². The van der Waals surface area contributed by atoms with Crippen molar-refractivity contribution in [3.05, 3.63) is 46.5 Å². The second-order valence-corrected chi connectivity index (χ2v) is 17.8. The van der Waals surface area contributed by atoms with E-state index in [1.54, 1.807) is 41.5 Å². The molecule has 0 fully saturated rings. The molecule has 2 aromatic carbocycles. The Hall–Kier alpha value is -2.46. The van der Waals surface area contributed by atoms with Crippen molar-refractivity contribution in [3.63, 3.8) is 0 Å². The van der Waals surface area contributed by atoms with E-state index in [2.05, 4.69) is 4.99 Å². The number of nitrogens with zero attached hydrogens (tertiary/aromatic N) is 1. The van der Waals surface area contributed by atoms with E-state index >= 15 is 0 Å². The third-order valence-electron chi connectivity index (χ3n) is 5.34. The fraction of sp³-hybridized carbons (Fsp3) is 0.400. The Bertz CT molecular complexity index is 1660. The van der Waals surface area contributed by atoms with E-state index in [0.29, 0.717) is 11.1 Å². The predicted octanol–water partition coefficient (Wildman–Crippen LogP) is 2.62. The summed E-state index contributed by atoms with van der Waals surface area (Å²) in [6.07, 6.45) is 2.01. The standard InChI is InChI=1S/C13H19N3O4S2.C12H15ClO4S2/c1-7(2)21(18)10-5-8(3)9(12(17)16-13(14)15)6-11(10)22(4,19)20;1-7(2)18(15)10-5-8(3)9(12(13)14)6-11(10)19(4,16)17/h5-7H,1-4H3,(H4,14,15,16,17);5-7H,1-4H3. The molecular formula is C25H34ClN3O8S4. The number of carbonyl (C=O) groups is 2. The van der Waals surface area contributed by atoms with Crippen LogP contribution >= 0.6 is 11.6 Å². The Morgan fingerprint density at radius 2 is 1.10 bits per heavy atom. The lowest BCUT2D eigenvalue weighted by Crippen LogP contribution is -2.24. The third kappa shape index (κ3) is 9.81. The highest BCUT2D eigenvalue weighted by Gasteiger charge is 2.25. The molecule has 0 spiro atoms. The summed E-state index contributed by atoms with van der Waals surface area (Å²) in [7, 11) is -10.2. The Labute approximate surface area is 250 Å². The Kier molecular flexibility index (Phi) is 12.6. The Morgan fingerprint density at radius 1 is 0.756 bits per heavy atom. The van der Waals surface area contributed by atoms with Gasteiger partial charge in [0, 0.05) is 34.1 Å². The summed E-state index contributed by atoms with van der Waals surface area (Å²) in [5, 5.41) is -1.22. The van der Waals surface area contributed by atoms with Gasteiger partial charge >= 0.3 is 0 Å². The van der Waals surface area contributed by atoms with Crippen LogP contribution in [-0.2, 0) is 41.3 Å². The largest absolute Gasteiger partial charge is 0.370 e. The molecule has 0 saturated carbocycles. The van der Waals surface area contributed by atoms with E-state index in [4.69, 9.17) is 23.1 Å². The lowest BCUT2D eigenvalue weighted by atomic mass is 10.1. The molecule has 0 heterocycles. The molecule has 0 radical (unpaired) electrons. The highest BCUT2D eigenvalue weighted by molar-refractivity contribution is 7.92. The molecule has 11 nitrogen and oxygen atoms in total. The van der Waals surface area contributed by atoms with Crippen molar-refractivity contribution >= 4 is 70.0 Å². The van der Waals surface area contributed by atoms with Crippen molar-refractivity contribution in [3.8, 4) is 0 Å². The van der Waals surface area contributed by atoms with E-state index in [1.165, 1.54) is 24.3 Å². The predicted molar refractivity (Wildman–Crippen MR) is 162 cm³/mol. The van der Waals surface area contributed by atoms with Gasteiger partial charge < -0.3 is 11.5 Å². The molecule has 0 bridgehead atoms. The van der Waals surface area contributed by atoms with Crippen molar-refractivity contribution in [1.29, 1.82) is 0 Å². The van der Waals surface area contributed by atoms with Crippen LogP contribution in [0.2, 0.25) is 0 Å². The van der Waals surface area contributed by atoms with Crippen LogP contribution in [0.25, 0.3) is 0 Å². The Morgan fingerprint density at radius 3 is 1.39 bits per heavy atom. The number of benzene rings is 2. The third-order valence-corrected chi connectivity index (χ3v) is 11.3. The number of rotatable bonds is 8. The summed E-state index contributed by atoms with van der Waals surface area (Å²) in [5.74, 6) is -1.16. The van der Waals surface area contributed by atoms with Crippen LogP contribution in [0.5, 0.6) is 0 Å². The fourth-order valence-corrected chi connectivity index (χ4v) is 8.58. The quantitative estimate of drug-likeness (QED) is 0.239. The normalized spacial score (nSPS) is 13.2. The molecule has 0 aliphatic rings. The first-order valence-corrected chi connectivity index (χ1v) is 18.4. The van der Waals surface area contributed by atoms with Gasteiger partial charge in [-0.05, 0) is 60.8 Å². The first kappa shape index (κ1) is 36.6. The number of halogens is 1. The summed E-state index contributed by atoms with van der Waals surface area (Å²) < 4.78 is 72.0. The average Bonchev–Trinajstić information content (AvgIpc) is 2.80. The van der Waals surface area contributed by atoms with Crippen molar-refractivity contribution in [2.24, 2.45) is 16.5 Å². The number of carbonyl (C=O) groups excluding carboxylic acids is 2. The van der Waals surface area contributed by atoms with Crippen LogP contribution in [-0.4, -0.2) is 65.4 Å². The van der Waals surface area contributed by atoms with Crippen molar-refractivity contribution in [2.45, 2.75) is 71.6 Å². The fourth-order valence-electron chi connectivity index (χ4n) is 3.34. The van der Waals surface area contributed by atoms with Crippen LogP contribution in [0.3, 0.4) is 0 Å². The average molecular weight is 668 g/mol. The van der Waals surface area contributed by atoms with Gasteiger partial charge in [-0.1, -0.05) is 27.7 Å². The zero-order valence-electron chi connectivity index (χ0n) is 23.8. The van der Waals surface area contributed by atoms with Gasteiger partial charge in [-0.25, -0.2) is 16.8 Å². The molecule has 0 aromatic heterocycles. The molecule has 4 N–H and O–H groups in total. The number of nitrogens with two attached hydrogens (primary N) is 2. The zero-order chi connectivity index (χ0) is 32.2. The minimum Gasteiger partial charge on any atom is -0.370 e. The van der Waals surface area contributed by atoms with E-state index in [0.717, 1.165) is 12.5 Å². The number of guanidine groups is 1. The summed E-state index contributed by atoms with van der Waals surface area (Å²) >= 11 is 5.42. The molecule has 0 aliphatic carbocycles. The van der Waals surface area contributed by atoms with Gasteiger partial charge in [-0.3, -0.25) is 18.0 Å². The highest BCUT2D eigenvalue weighted by Crippen LogP contribution is 2.28. The van der Waals surface area contributed by atoms with Crippen molar-refractivity contribution in [1.82, 2.24) is 0 Å². The van der Waals surface area contributed by atoms with E-state index in [-0.39, 0.29) is 41.2 Å². The Balaban J connectivity index is 0.000000414. The van der Waals surface area contributed by atoms with E-state index < -0.39 is 58.4 Å². The molecular weight excluding hydrogens is 634 g/mol. The van der Waals surface area contributed by atoms with Crippen LogP contribution in [0, 0.1) is 13.8 Å². The van der Waals surface area contributed by atoms with Gasteiger partial charge in [0.25, 0.3) is 11.1 Å². The monoisotopic (exact) mass is 667 g/mol.